The zero-order valence-corrected chi connectivity index (χ0v) is 11.5. The van der Waals surface area contributed by atoms with E-state index in [4.69, 9.17) is 23.2 Å². The molecule has 0 aliphatic carbocycles. The van der Waals surface area contributed by atoms with Crippen molar-refractivity contribution >= 4 is 23.2 Å². The monoisotopic (exact) mass is 294 g/mol. The lowest BCUT2D eigenvalue weighted by atomic mass is 9.90. The van der Waals surface area contributed by atoms with Crippen molar-refractivity contribution in [3.63, 3.8) is 0 Å². The summed E-state index contributed by atoms with van der Waals surface area (Å²) >= 11 is 12.0. The fourth-order valence-corrected chi connectivity index (χ4v) is 2.44. The summed E-state index contributed by atoms with van der Waals surface area (Å²) < 4.78 is 0. The molecule has 0 unspecified atom stereocenters. The van der Waals surface area contributed by atoms with Crippen LogP contribution >= 0.6 is 23.2 Å². The molecule has 5 heteroatoms. The summed E-state index contributed by atoms with van der Waals surface area (Å²) in [6.07, 6.45) is 1.97. The lowest BCUT2D eigenvalue weighted by molar-refractivity contribution is 0.161. The molecule has 0 radical (unpaired) electrons. The average Bonchev–Trinajstić information content (AvgIpc) is 2.40. The standard InChI is InChI=1S/C14H12Cl2N2O/c1-2-10(9-6-4-3-5-7-9)12(19)11-13(15)17-8-18-14(11)16/h2-8,10,12,19H,1H2/t10-,12+/m0/s1. The van der Waals surface area contributed by atoms with Crippen LogP contribution in [0.1, 0.15) is 23.1 Å². The van der Waals surface area contributed by atoms with Gasteiger partial charge in [0.25, 0.3) is 0 Å². The number of rotatable bonds is 4. The highest BCUT2D eigenvalue weighted by Crippen LogP contribution is 2.37. The molecular weight excluding hydrogens is 283 g/mol. The van der Waals surface area contributed by atoms with E-state index in [1.54, 1.807) is 6.08 Å². The fraction of sp³-hybridized carbons (Fsp3) is 0.143. The lowest BCUT2D eigenvalue weighted by Crippen LogP contribution is -2.11. The fourth-order valence-electron chi connectivity index (χ4n) is 1.90. The molecule has 0 fully saturated rings. The van der Waals surface area contributed by atoms with Crippen LogP contribution in [-0.2, 0) is 0 Å². The number of benzene rings is 1. The topological polar surface area (TPSA) is 46.0 Å². The third-order valence-corrected chi connectivity index (χ3v) is 3.46. The van der Waals surface area contributed by atoms with E-state index in [-0.39, 0.29) is 16.2 Å². The molecule has 0 bridgehead atoms. The number of aromatic nitrogens is 2. The van der Waals surface area contributed by atoms with E-state index in [1.807, 2.05) is 30.3 Å². The SMILES string of the molecule is C=C[C@@H](c1ccccc1)[C@@H](O)c1c(Cl)ncnc1Cl. The Morgan fingerprint density at radius 3 is 2.21 bits per heavy atom. The Morgan fingerprint density at radius 1 is 1.11 bits per heavy atom. The van der Waals surface area contributed by atoms with Crippen LogP contribution in [0.25, 0.3) is 0 Å². The highest BCUT2D eigenvalue weighted by atomic mass is 35.5. The molecule has 1 heterocycles. The zero-order valence-electron chi connectivity index (χ0n) is 10.0. The third-order valence-electron chi connectivity index (χ3n) is 2.86. The summed E-state index contributed by atoms with van der Waals surface area (Å²) in [5, 5.41) is 10.8. The van der Waals surface area contributed by atoms with Gasteiger partial charge in [-0.3, -0.25) is 0 Å². The molecular formula is C14H12Cl2N2O. The Bertz CT molecular complexity index is 555. The number of nitrogens with zero attached hydrogens (tertiary/aromatic N) is 2. The molecule has 19 heavy (non-hydrogen) atoms. The Balaban J connectivity index is 2.42. The second-order valence-electron chi connectivity index (χ2n) is 3.99. The number of hydrogen-bond acceptors (Lipinski definition) is 3. The highest BCUT2D eigenvalue weighted by molar-refractivity contribution is 6.34. The van der Waals surface area contributed by atoms with Crippen molar-refractivity contribution in [3.8, 4) is 0 Å². The quantitative estimate of drug-likeness (QED) is 0.689. The predicted octanol–water partition coefficient (Wildman–Crippen LogP) is 3.79. The van der Waals surface area contributed by atoms with Crippen molar-refractivity contribution in [2.24, 2.45) is 0 Å². The van der Waals surface area contributed by atoms with Crippen LogP contribution in [0.15, 0.2) is 49.3 Å². The summed E-state index contributed by atoms with van der Waals surface area (Å²) in [5.41, 5.74) is 1.24. The molecule has 2 aromatic rings. The van der Waals surface area contributed by atoms with E-state index < -0.39 is 6.10 Å². The van der Waals surface area contributed by atoms with Crippen LogP contribution in [0.4, 0.5) is 0 Å². The van der Waals surface area contributed by atoms with Gasteiger partial charge in [0.2, 0.25) is 0 Å². The summed E-state index contributed by atoms with van der Waals surface area (Å²) in [6, 6.07) is 9.50. The molecule has 0 aliphatic rings. The van der Waals surface area contributed by atoms with Crippen molar-refractivity contribution in [3.05, 3.63) is 70.7 Å². The summed E-state index contributed by atoms with van der Waals surface area (Å²) in [7, 11) is 0. The molecule has 2 atom stereocenters. The normalized spacial score (nSPS) is 13.8. The van der Waals surface area contributed by atoms with Gasteiger partial charge in [0, 0.05) is 5.92 Å². The van der Waals surface area contributed by atoms with E-state index in [1.165, 1.54) is 6.33 Å². The van der Waals surface area contributed by atoms with Crippen LogP contribution in [0.3, 0.4) is 0 Å². The molecule has 98 valence electrons. The Labute approximate surface area is 121 Å². The van der Waals surface area contributed by atoms with Gasteiger partial charge >= 0.3 is 0 Å². The lowest BCUT2D eigenvalue weighted by Gasteiger charge is -2.21. The molecule has 0 saturated heterocycles. The Morgan fingerprint density at radius 2 is 1.68 bits per heavy atom. The molecule has 2 rings (SSSR count). The second kappa shape index (κ2) is 6.15. The summed E-state index contributed by atoms with van der Waals surface area (Å²) in [6.45, 7) is 3.76. The van der Waals surface area contributed by atoms with Gasteiger partial charge in [-0.05, 0) is 5.56 Å². The number of aliphatic hydroxyl groups excluding tert-OH is 1. The molecule has 0 spiro atoms. The molecule has 0 saturated carbocycles. The minimum absolute atomic E-state index is 0.148. The zero-order chi connectivity index (χ0) is 13.8. The number of aliphatic hydroxyl groups is 1. The van der Waals surface area contributed by atoms with Gasteiger partial charge in [-0.1, -0.05) is 59.6 Å². The molecule has 1 N–H and O–H groups in total. The Kier molecular flexibility index (Phi) is 4.53. The van der Waals surface area contributed by atoms with Crippen molar-refractivity contribution in [2.45, 2.75) is 12.0 Å². The molecule has 1 aromatic carbocycles. The first kappa shape index (κ1) is 14.0. The molecule has 3 nitrogen and oxygen atoms in total. The van der Waals surface area contributed by atoms with Crippen LogP contribution in [0.5, 0.6) is 0 Å². The smallest absolute Gasteiger partial charge is 0.139 e. The molecule has 0 aliphatic heterocycles. The van der Waals surface area contributed by atoms with Gasteiger partial charge in [-0.25, -0.2) is 9.97 Å². The van der Waals surface area contributed by atoms with Gasteiger partial charge in [0.05, 0.1) is 11.7 Å². The first-order valence-electron chi connectivity index (χ1n) is 5.66. The van der Waals surface area contributed by atoms with E-state index in [0.717, 1.165) is 5.56 Å². The van der Waals surface area contributed by atoms with Crippen LogP contribution in [0.2, 0.25) is 10.3 Å². The van der Waals surface area contributed by atoms with E-state index >= 15 is 0 Å². The summed E-state index contributed by atoms with van der Waals surface area (Å²) in [5.74, 6) is -0.331. The van der Waals surface area contributed by atoms with E-state index in [0.29, 0.717) is 5.56 Å². The third kappa shape index (κ3) is 2.95. The molecule has 1 aromatic heterocycles. The van der Waals surface area contributed by atoms with Gasteiger partial charge in [0.15, 0.2) is 0 Å². The van der Waals surface area contributed by atoms with E-state index in [9.17, 15) is 5.11 Å². The number of hydrogen-bond donors (Lipinski definition) is 1. The minimum atomic E-state index is -0.943. The first-order chi connectivity index (χ1) is 9.15. The van der Waals surface area contributed by atoms with Crippen molar-refractivity contribution in [1.29, 1.82) is 0 Å². The molecule has 0 amide bonds. The maximum Gasteiger partial charge on any atom is 0.139 e. The van der Waals surface area contributed by atoms with Crippen LogP contribution < -0.4 is 0 Å². The van der Waals surface area contributed by atoms with E-state index in [2.05, 4.69) is 16.5 Å². The largest absolute Gasteiger partial charge is 0.387 e. The first-order valence-corrected chi connectivity index (χ1v) is 6.42. The maximum atomic E-state index is 10.5. The number of halogens is 2. The van der Waals surface area contributed by atoms with Gasteiger partial charge in [-0.15, -0.1) is 6.58 Å². The minimum Gasteiger partial charge on any atom is -0.387 e. The van der Waals surface area contributed by atoms with Crippen molar-refractivity contribution in [1.82, 2.24) is 9.97 Å². The van der Waals surface area contributed by atoms with Crippen molar-refractivity contribution in [2.75, 3.05) is 0 Å². The van der Waals surface area contributed by atoms with Crippen LogP contribution in [-0.4, -0.2) is 15.1 Å². The van der Waals surface area contributed by atoms with Crippen molar-refractivity contribution < 1.29 is 5.11 Å². The second-order valence-corrected chi connectivity index (χ2v) is 4.70. The summed E-state index contributed by atoms with van der Waals surface area (Å²) in [4.78, 5) is 7.69. The van der Waals surface area contributed by atoms with Gasteiger partial charge in [-0.2, -0.15) is 0 Å². The maximum absolute atomic E-state index is 10.5. The Hall–Kier alpha value is -1.42. The highest BCUT2D eigenvalue weighted by Gasteiger charge is 2.25. The van der Waals surface area contributed by atoms with Gasteiger partial charge in [0.1, 0.15) is 16.6 Å². The predicted molar refractivity (Wildman–Crippen MR) is 76.4 cm³/mol. The van der Waals surface area contributed by atoms with Crippen LogP contribution in [0, 0.1) is 0 Å². The average molecular weight is 295 g/mol. The van der Waals surface area contributed by atoms with Gasteiger partial charge < -0.3 is 5.11 Å².